The molecule has 1 aliphatic carbocycles. The third kappa shape index (κ3) is 3.50. The van der Waals surface area contributed by atoms with Crippen LogP contribution < -0.4 is 0 Å². The third-order valence-electron chi connectivity index (χ3n) is 5.73. The van der Waals surface area contributed by atoms with Crippen molar-refractivity contribution in [3.8, 4) is 0 Å². The molecule has 0 unspecified atom stereocenters. The van der Waals surface area contributed by atoms with Crippen LogP contribution in [0.4, 0.5) is 4.39 Å². The number of aromatic nitrogens is 1. The highest BCUT2D eigenvalue weighted by Gasteiger charge is 2.34. The average molecular weight is 378 g/mol. The first kappa shape index (κ1) is 18.6. The number of aliphatic hydroxyl groups is 1. The summed E-state index contributed by atoms with van der Waals surface area (Å²) in [5, 5.41) is 11.0. The molecule has 1 N–H and O–H groups in total. The summed E-state index contributed by atoms with van der Waals surface area (Å²) in [5.74, 6) is -0.281. The van der Waals surface area contributed by atoms with Crippen LogP contribution in [0.5, 0.6) is 0 Å². The molecule has 0 saturated heterocycles. The van der Waals surface area contributed by atoms with E-state index < -0.39 is 0 Å². The Morgan fingerprint density at radius 1 is 1.14 bits per heavy atom. The van der Waals surface area contributed by atoms with E-state index in [1.807, 2.05) is 30.3 Å². The monoisotopic (exact) mass is 378 g/mol. The maximum absolute atomic E-state index is 14.2. The van der Waals surface area contributed by atoms with Gasteiger partial charge in [-0.2, -0.15) is 0 Å². The van der Waals surface area contributed by atoms with Gasteiger partial charge in [0.15, 0.2) is 0 Å². The number of hydrogen-bond donors (Lipinski definition) is 1. The highest BCUT2D eigenvalue weighted by molar-refractivity contribution is 6.07. The van der Waals surface area contributed by atoms with E-state index in [2.05, 4.69) is 4.98 Å². The van der Waals surface area contributed by atoms with Gasteiger partial charge in [0.2, 0.25) is 0 Å². The largest absolute Gasteiger partial charge is 0.394 e. The zero-order valence-corrected chi connectivity index (χ0v) is 15.6. The van der Waals surface area contributed by atoms with E-state index in [9.17, 15) is 14.3 Å². The number of rotatable bonds is 6. The van der Waals surface area contributed by atoms with Crippen molar-refractivity contribution in [1.82, 2.24) is 9.88 Å². The van der Waals surface area contributed by atoms with Gasteiger partial charge in [0.05, 0.1) is 12.6 Å². The lowest BCUT2D eigenvalue weighted by molar-refractivity contribution is 0.0315. The quantitative estimate of drug-likeness (QED) is 0.700. The molecule has 3 aromatic rings. The van der Waals surface area contributed by atoms with Gasteiger partial charge in [0.25, 0.3) is 5.91 Å². The van der Waals surface area contributed by atoms with Crippen LogP contribution in [0.2, 0.25) is 0 Å². The van der Waals surface area contributed by atoms with Gasteiger partial charge in [0.1, 0.15) is 5.82 Å². The van der Waals surface area contributed by atoms with Crippen LogP contribution in [0, 0.1) is 11.7 Å². The highest BCUT2D eigenvalue weighted by atomic mass is 19.1. The Morgan fingerprint density at radius 2 is 1.93 bits per heavy atom. The van der Waals surface area contributed by atoms with E-state index in [1.54, 1.807) is 11.0 Å². The SMILES string of the molecule is O=C(c1ccc(F)c2ccncc12)N(Cc1ccccc1)[C@@H](CO)C1CCC1. The normalized spacial score (nSPS) is 15.2. The lowest BCUT2D eigenvalue weighted by Gasteiger charge is -2.40. The Kier molecular flexibility index (Phi) is 5.35. The molecule has 1 fully saturated rings. The highest BCUT2D eigenvalue weighted by Crippen LogP contribution is 2.34. The molecule has 1 atom stereocenters. The number of fused-ring (bicyclic) bond motifs is 1. The Morgan fingerprint density at radius 3 is 2.61 bits per heavy atom. The van der Waals surface area contributed by atoms with Gasteiger partial charge >= 0.3 is 0 Å². The summed E-state index contributed by atoms with van der Waals surface area (Å²) in [4.78, 5) is 19.4. The van der Waals surface area contributed by atoms with Crippen LogP contribution in [0.1, 0.15) is 35.2 Å². The number of nitrogens with zero attached hydrogens (tertiary/aromatic N) is 2. The Hall–Kier alpha value is -2.79. The van der Waals surface area contributed by atoms with Gasteiger partial charge in [-0.25, -0.2) is 4.39 Å². The molecule has 0 spiro atoms. The molecule has 1 amide bonds. The smallest absolute Gasteiger partial charge is 0.255 e. The topological polar surface area (TPSA) is 53.4 Å². The van der Waals surface area contributed by atoms with E-state index in [4.69, 9.17) is 0 Å². The van der Waals surface area contributed by atoms with Crippen molar-refractivity contribution >= 4 is 16.7 Å². The summed E-state index contributed by atoms with van der Waals surface area (Å²) in [6.45, 7) is 0.321. The summed E-state index contributed by atoms with van der Waals surface area (Å²) in [6, 6.07) is 13.9. The number of pyridine rings is 1. The Balaban J connectivity index is 1.75. The van der Waals surface area contributed by atoms with Gasteiger partial charge in [-0.15, -0.1) is 0 Å². The van der Waals surface area contributed by atoms with Gasteiger partial charge < -0.3 is 10.0 Å². The van der Waals surface area contributed by atoms with Crippen molar-refractivity contribution in [2.45, 2.75) is 31.8 Å². The second-order valence-electron chi connectivity index (χ2n) is 7.38. The van der Waals surface area contributed by atoms with Crippen LogP contribution in [-0.4, -0.2) is 33.5 Å². The number of hydrogen-bond acceptors (Lipinski definition) is 3. The van der Waals surface area contributed by atoms with E-state index in [0.29, 0.717) is 28.8 Å². The fourth-order valence-electron chi connectivity index (χ4n) is 3.94. The molecule has 2 aromatic carbocycles. The molecule has 1 aromatic heterocycles. The zero-order chi connectivity index (χ0) is 19.5. The first-order valence-electron chi connectivity index (χ1n) is 9.67. The fourth-order valence-corrected chi connectivity index (χ4v) is 3.94. The second kappa shape index (κ2) is 8.07. The molecule has 1 aliphatic rings. The molecule has 0 aliphatic heterocycles. The molecule has 1 heterocycles. The molecule has 4 rings (SSSR count). The summed E-state index contributed by atoms with van der Waals surface area (Å²) in [6.07, 6.45) is 6.19. The molecule has 0 radical (unpaired) electrons. The summed E-state index contributed by atoms with van der Waals surface area (Å²) in [7, 11) is 0. The van der Waals surface area contributed by atoms with Crippen molar-refractivity contribution in [1.29, 1.82) is 0 Å². The second-order valence-corrected chi connectivity index (χ2v) is 7.38. The minimum atomic E-state index is -0.374. The Labute approximate surface area is 163 Å². The van der Waals surface area contributed by atoms with Gasteiger partial charge in [-0.1, -0.05) is 36.8 Å². The summed E-state index contributed by atoms with van der Waals surface area (Å²) >= 11 is 0. The van der Waals surface area contributed by atoms with Crippen LogP contribution in [0.3, 0.4) is 0 Å². The third-order valence-corrected chi connectivity index (χ3v) is 5.73. The number of amides is 1. The lowest BCUT2D eigenvalue weighted by atomic mass is 9.79. The first-order chi connectivity index (χ1) is 13.7. The number of halogens is 1. The predicted molar refractivity (Wildman–Crippen MR) is 106 cm³/mol. The minimum absolute atomic E-state index is 0.0827. The summed E-state index contributed by atoms with van der Waals surface area (Å²) in [5.41, 5.74) is 1.41. The molecular weight excluding hydrogens is 355 g/mol. The zero-order valence-electron chi connectivity index (χ0n) is 15.6. The summed E-state index contributed by atoms with van der Waals surface area (Å²) < 4.78 is 14.2. The Bertz CT molecular complexity index is 973. The van der Waals surface area contributed by atoms with E-state index in [-0.39, 0.29) is 24.4 Å². The molecule has 144 valence electrons. The van der Waals surface area contributed by atoms with Crippen LogP contribution >= 0.6 is 0 Å². The van der Waals surface area contributed by atoms with Crippen LogP contribution in [0.15, 0.2) is 60.9 Å². The molecule has 5 heteroatoms. The number of benzene rings is 2. The fraction of sp³-hybridized carbons (Fsp3) is 0.304. The van der Waals surface area contributed by atoms with E-state index >= 15 is 0 Å². The van der Waals surface area contributed by atoms with Gasteiger partial charge in [-0.05, 0) is 42.5 Å². The van der Waals surface area contributed by atoms with Gasteiger partial charge in [0, 0.05) is 35.3 Å². The maximum Gasteiger partial charge on any atom is 0.255 e. The van der Waals surface area contributed by atoms with Crippen molar-refractivity contribution in [3.05, 3.63) is 77.9 Å². The average Bonchev–Trinajstić information content (AvgIpc) is 2.70. The number of carbonyl (C=O) groups is 1. The van der Waals surface area contributed by atoms with E-state index in [1.165, 1.54) is 24.5 Å². The molecule has 4 nitrogen and oxygen atoms in total. The molecule has 1 saturated carbocycles. The first-order valence-corrected chi connectivity index (χ1v) is 9.67. The molecular formula is C23H23FN2O2. The standard InChI is InChI=1S/C23H23FN2O2/c24-21-10-9-19(20-13-25-12-11-18(20)21)23(28)26(14-16-5-2-1-3-6-16)22(15-27)17-7-4-8-17/h1-3,5-6,9-13,17,22,27H,4,7-8,14-15H2/t22-/m0/s1. The van der Waals surface area contributed by atoms with Crippen LogP contribution in [0.25, 0.3) is 10.8 Å². The molecule has 28 heavy (non-hydrogen) atoms. The van der Waals surface area contributed by atoms with E-state index in [0.717, 1.165) is 24.8 Å². The number of carbonyl (C=O) groups excluding carboxylic acids is 1. The predicted octanol–water partition coefficient (Wildman–Crippen LogP) is 4.18. The van der Waals surface area contributed by atoms with Crippen molar-refractivity contribution in [2.75, 3.05) is 6.61 Å². The van der Waals surface area contributed by atoms with Crippen LogP contribution in [-0.2, 0) is 6.54 Å². The number of aliphatic hydroxyl groups excluding tert-OH is 1. The maximum atomic E-state index is 14.2. The lowest BCUT2D eigenvalue weighted by Crippen LogP contribution is -2.48. The minimum Gasteiger partial charge on any atom is -0.394 e. The molecule has 0 bridgehead atoms. The van der Waals surface area contributed by atoms with Crippen molar-refractivity contribution < 1.29 is 14.3 Å². The van der Waals surface area contributed by atoms with Crippen molar-refractivity contribution in [2.24, 2.45) is 5.92 Å². The van der Waals surface area contributed by atoms with Crippen molar-refractivity contribution in [3.63, 3.8) is 0 Å². The van der Waals surface area contributed by atoms with Gasteiger partial charge in [-0.3, -0.25) is 9.78 Å².